The molecule has 3 unspecified atom stereocenters. The van der Waals surface area contributed by atoms with Crippen molar-refractivity contribution in [3.05, 3.63) is 0 Å². The molecule has 0 aliphatic carbocycles. The Morgan fingerprint density at radius 3 is 2.41 bits per heavy atom. The van der Waals surface area contributed by atoms with Crippen LogP contribution >= 0.6 is 24.8 Å². The minimum atomic E-state index is -0.0199. The Bertz CT molecular complexity index is 443. The molecule has 0 aromatic carbocycles. The van der Waals surface area contributed by atoms with Crippen LogP contribution in [0, 0.1) is 5.92 Å². The van der Waals surface area contributed by atoms with Crippen molar-refractivity contribution in [2.75, 3.05) is 39.3 Å². The van der Waals surface area contributed by atoms with Crippen molar-refractivity contribution in [3.8, 4) is 0 Å². The SMILES string of the molecule is CCC(C(=O)N1CCCC(CNC(=O)C2CCCN2)C1)N(CC)CC.Cl.Cl. The van der Waals surface area contributed by atoms with Crippen LogP contribution in [0.5, 0.6) is 0 Å². The van der Waals surface area contributed by atoms with Crippen molar-refractivity contribution in [2.45, 2.75) is 65.0 Å². The number of amides is 2. The molecule has 2 heterocycles. The Labute approximate surface area is 177 Å². The molecule has 6 nitrogen and oxygen atoms in total. The molecule has 3 atom stereocenters. The largest absolute Gasteiger partial charge is 0.354 e. The van der Waals surface area contributed by atoms with E-state index in [4.69, 9.17) is 0 Å². The predicted molar refractivity (Wildman–Crippen MR) is 115 cm³/mol. The normalized spacial score (nSPS) is 23.3. The van der Waals surface area contributed by atoms with Crippen molar-refractivity contribution in [3.63, 3.8) is 0 Å². The highest BCUT2D eigenvalue weighted by Gasteiger charge is 2.31. The number of likely N-dealkylation sites (N-methyl/N-ethyl adjacent to an activating group) is 1. The van der Waals surface area contributed by atoms with Crippen LogP contribution in [-0.2, 0) is 9.59 Å². The van der Waals surface area contributed by atoms with Crippen molar-refractivity contribution in [2.24, 2.45) is 5.92 Å². The van der Waals surface area contributed by atoms with Crippen molar-refractivity contribution in [1.82, 2.24) is 20.4 Å². The van der Waals surface area contributed by atoms with E-state index in [2.05, 4.69) is 36.3 Å². The van der Waals surface area contributed by atoms with E-state index in [1.165, 1.54) is 0 Å². The third kappa shape index (κ3) is 7.41. The minimum Gasteiger partial charge on any atom is -0.354 e. The molecule has 2 fully saturated rings. The first kappa shape index (κ1) is 26.4. The molecule has 2 saturated heterocycles. The zero-order valence-corrected chi connectivity index (χ0v) is 18.7. The number of carbonyl (C=O) groups is 2. The summed E-state index contributed by atoms with van der Waals surface area (Å²) >= 11 is 0. The van der Waals surface area contributed by atoms with Gasteiger partial charge >= 0.3 is 0 Å². The summed E-state index contributed by atoms with van der Waals surface area (Å²) in [5, 5.41) is 6.33. The Balaban J connectivity index is 0.00000338. The van der Waals surface area contributed by atoms with Gasteiger partial charge in [0.25, 0.3) is 0 Å². The molecule has 2 rings (SSSR count). The lowest BCUT2D eigenvalue weighted by Gasteiger charge is -2.37. The average molecular weight is 425 g/mol. The van der Waals surface area contributed by atoms with E-state index in [1.54, 1.807) is 0 Å². The molecule has 8 heteroatoms. The molecule has 2 aliphatic heterocycles. The van der Waals surface area contributed by atoms with Gasteiger partial charge in [0.1, 0.15) is 0 Å². The van der Waals surface area contributed by atoms with Crippen LogP contribution in [0.15, 0.2) is 0 Å². The van der Waals surface area contributed by atoms with Crippen LogP contribution in [0.25, 0.3) is 0 Å². The van der Waals surface area contributed by atoms with Gasteiger partial charge in [0.2, 0.25) is 11.8 Å². The topological polar surface area (TPSA) is 64.7 Å². The summed E-state index contributed by atoms with van der Waals surface area (Å²) in [5.74, 6) is 0.757. The molecule has 2 aliphatic rings. The van der Waals surface area contributed by atoms with E-state index in [9.17, 15) is 9.59 Å². The van der Waals surface area contributed by atoms with Gasteiger partial charge in [0.15, 0.2) is 0 Å². The van der Waals surface area contributed by atoms with Crippen LogP contribution in [0.4, 0.5) is 0 Å². The van der Waals surface area contributed by atoms with Gasteiger partial charge in [-0.2, -0.15) is 0 Å². The predicted octanol–water partition coefficient (Wildman–Crippen LogP) is 2.06. The maximum Gasteiger partial charge on any atom is 0.239 e. The van der Waals surface area contributed by atoms with Crippen LogP contribution in [-0.4, -0.2) is 73.0 Å². The first-order chi connectivity index (χ1) is 12.1. The van der Waals surface area contributed by atoms with Crippen molar-refractivity contribution in [1.29, 1.82) is 0 Å². The van der Waals surface area contributed by atoms with E-state index in [1.807, 2.05) is 4.90 Å². The molecule has 0 saturated carbocycles. The molecule has 2 N–H and O–H groups in total. The smallest absolute Gasteiger partial charge is 0.239 e. The lowest BCUT2D eigenvalue weighted by atomic mass is 9.96. The fraction of sp³-hybridized carbons (Fsp3) is 0.895. The quantitative estimate of drug-likeness (QED) is 0.625. The Morgan fingerprint density at radius 1 is 1.15 bits per heavy atom. The maximum absolute atomic E-state index is 13.0. The summed E-state index contributed by atoms with van der Waals surface area (Å²) in [6.45, 7) is 11.4. The summed E-state index contributed by atoms with van der Waals surface area (Å²) in [6, 6.07) is -0.0282. The fourth-order valence-electron chi connectivity index (χ4n) is 4.17. The van der Waals surface area contributed by atoms with Crippen LogP contribution in [0.3, 0.4) is 0 Å². The summed E-state index contributed by atoms with van der Waals surface area (Å²) in [5.41, 5.74) is 0. The van der Waals surface area contributed by atoms with Crippen LogP contribution in [0.2, 0.25) is 0 Å². The lowest BCUT2D eigenvalue weighted by molar-refractivity contribution is -0.139. The number of hydrogen-bond donors (Lipinski definition) is 2. The second-order valence-electron chi connectivity index (χ2n) is 7.33. The van der Waals surface area contributed by atoms with Crippen LogP contribution in [0.1, 0.15) is 52.9 Å². The van der Waals surface area contributed by atoms with Gasteiger partial charge in [-0.15, -0.1) is 24.8 Å². The number of likely N-dealkylation sites (tertiary alicyclic amines) is 1. The number of nitrogens with zero attached hydrogens (tertiary/aromatic N) is 2. The van der Waals surface area contributed by atoms with Gasteiger partial charge in [0.05, 0.1) is 12.1 Å². The third-order valence-corrected chi connectivity index (χ3v) is 5.70. The number of halogens is 2. The van der Waals surface area contributed by atoms with Gasteiger partial charge in [0, 0.05) is 19.6 Å². The van der Waals surface area contributed by atoms with Gasteiger partial charge in [-0.3, -0.25) is 14.5 Å². The molecule has 27 heavy (non-hydrogen) atoms. The Kier molecular flexibility index (Phi) is 13.3. The molecule has 0 aromatic heterocycles. The highest BCUT2D eigenvalue weighted by Crippen LogP contribution is 2.19. The molecule has 160 valence electrons. The summed E-state index contributed by atoms with van der Waals surface area (Å²) in [7, 11) is 0. The first-order valence-electron chi connectivity index (χ1n) is 10.1. The Hall–Kier alpha value is -0.560. The third-order valence-electron chi connectivity index (χ3n) is 5.70. The van der Waals surface area contributed by atoms with Crippen molar-refractivity contribution >= 4 is 36.6 Å². The summed E-state index contributed by atoms with van der Waals surface area (Å²) < 4.78 is 0. The number of rotatable bonds is 8. The van der Waals surface area contributed by atoms with E-state index in [0.29, 0.717) is 12.5 Å². The van der Waals surface area contributed by atoms with E-state index >= 15 is 0 Å². The molecule has 0 aromatic rings. The molecular formula is C19H38Cl2N4O2. The second-order valence-corrected chi connectivity index (χ2v) is 7.33. The van der Waals surface area contributed by atoms with Gasteiger partial charge < -0.3 is 15.5 Å². The molecule has 2 amide bonds. The first-order valence-corrected chi connectivity index (χ1v) is 10.1. The monoisotopic (exact) mass is 424 g/mol. The number of nitrogens with one attached hydrogen (secondary N) is 2. The Morgan fingerprint density at radius 2 is 1.85 bits per heavy atom. The highest BCUT2D eigenvalue weighted by atomic mass is 35.5. The molecule has 0 spiro atoms. The lowest BCUT2D eigenvalue weighted by Crippen LogP contribution is -2.52. The van der Waals surface area contributed by atoms with Crippen molar-refractivity contribution < 1.29 is 9.59 Å². The van der Waals surface area contributed by atoms with Gasteiger partial charge in [-0.1, -0.05) is 20.8 Å². The highest BCUT2D eigenvalue weighted by molar-refractivity contribution is 5.85. The average Bonchev–Trinajstić information content (AvgIpc) is 3.18. The molecule has 0 radical (unpaired) electrons. The van der Waals surface area contributed by atoms with Gasteiger partial charge in [-0.25, -0.2) is 0 Å². The number of carbonyl (C=O) groups excluding carboxylic acids is 2. The van der Waals surface area contributed by atoms with E-state index in [-0.39, 0.29) is 48.7 Å². The minimum absolute atomic E-state index is 0. The van der Waals surface area contributed by atoms with E-state index in [0.717, 1.165) is 64.8 Å². The van der Waals surface area contributed by atoms with Gasteiger partial charge in [-0.05, 0) is 57.7 Å². The number of hydrogen-bond acceptors (Lipinski definition) is 4. The maximum atomic E-state index is 13.0. The molecular weight excluding hydrogens is 387 g/mol. The number of piperidine rings is 1. The second kappa shape index (κ2) is 13.6. The standard InChI is InChI=1S/C19H36N4O2.2ClH/c1-4-17(22(5-2)6-3)19(25)23-12-8-9-15(14-23)13-21-18(24)16-10-7-11-20-16;;/h15-17,20H,4-14H2,1-3H3,(H,21,24);2*1H. The van der Waals surface area contributed by atoms with Crippen LogP contribution < -0.4 is 10.6 Å². The zero-order valence-electron chi connectivity index (χ0n) is 17.0. The summed E-state index contributed by atoms with van der Waals surface area (Å²) in [4.78, 5) is 29.4. The van der Waals surface area contributed by atoms with E-state index < -0.39 is 0 Å². The fourth-order valence-corrected chi connectivity index (χ4v) is 4.17. The summed E-state index contributed by atoms with van der Waals surface area (Å²) in [6.07, 6.45) is 4.98. The molecule has 0 bridgehead atoms. The zero-order chi connectivity index (χ0) is 18.2.